The zero-order chi connectivity index (χ0) is 11.9. The van der Waals surface area contributed by atoms with Crippen molar-refractivity contribution in [3.05, 3.63) is 0 Å². The second-order valence-corrected chi connectivity index (χ2v) is 8.16. The largest absolute Gasteiger partial charge is 0.327 e. The molecule has 16 heavy (non-hydrogen) atoms. The molecule has 5 unspecified atom stereocenters. The van der Waals surface area contributed by atoms with E-state index in [0.29, 0.717) is 11.8 Å². The number of rotatable bonds is 3. The van der Waals surface area contributed by atoms with E-state index in [-0.39, 0.29) is 11.3 Å². The average molecular weight is 245 g/mol. The van der Waals surface area contributed by atoms with E-state index in [1.807, 2.05) is 0 Å². The van der Waals surface area contributed by atoms with Crippen LogP contribution in [0.4, 0.5) is 0 Å². The van der Waals surface area contributed by atoms with Gasteiger partial charge in [-0.1, -0.05) is 13.3 Å². The fourth-order valence-corrected chi connectivity index (χ4v) is 4.35. The van der Waals surface area contributed by atoms with Gasteiger partial charge in [0.2, 0.25) is 0 Å². The molecule has 4 heteroatoms. The first-order valence-corrected chi connectivity index (χ1v) is 8.29. The van der Waals surface area contributed by atoms with Crippen molar-refractivity contribution < 1.29 is 8.42 Å². The molecule has 2 saturated carbocycles. The molecule has 0 aromatic rings. The molecule has 0 aliphatic heterocycles. The number of sulfone groups is 1. The van der Waals surface area contributed by atoms with Gasteiger partial charge < -0.3 is 5.73 Å². The second-order valence-electron chi connectivity index (χ2n) is 5.83. The lowest BCUT2D eigenvalue weighted by atomic mass is 9.82. The first kappa shape index (κ1) is 12.4. The molecular formula is C12H23NO2S. The maximum Gasteiger partial charge on any atom is 0.150 e. The van der Waals surface area contributed by atoms with Gasteiger partial charge in [0.1, 0.15) is 9.84 Å². The van der Waals surface area contributed by atoms with Gasteiger partial charge >= 0.3 is 0 Å². The summed E-state index contributed by atoms with van der Waals surface area (Å²) in [5.41, 5.74) is 6.25. The topological polar surface area (TPSA) is 60.2 Å². The summed E-state index contributed by atoms with van der Waals surface area (Å²) in [6.45, 7) is 2.24. The van der Waals surface area contributed by atoms with E-state index in [0.717, 1.165) is 31.6 Å². The van der Waals surface area contributed by atoms with Crippen LogP contribution in [-0.4, -0.2) is 26.0 Å². The van der Waals surface area contributed by atoms with Crippen LogP contribution in [0.5, 0.6) is 0 Å². The van der Waals surface area contributed by atoms with Crippen LogP contribution in [0.15, 0.2) is 0 Å². The zero-order valence-corrected chi connectivity index (χ0v) is 11.0. The number of hydrogen-bond acceptors (Lipinski definition) is 3. The van der Waals surface area contributed by atoms with Gasteiger partial charge in [-0.25, -0.2) is 8.42 Å². The predicted octanol–water partition coefficient (Wildman–Crippen LogP) is 1.57. The Morgan fingerprint density at radius 3 is 2.38 bits per heavy atom. The van der Waals surface area contributed by atoms with Gasteiger partial charge in [-0.2, -0.15) is 0 Å². The Hall–Kier alpha value is -0.0900. The van der Waals surface area contributed by atoms with Crippen LogP contribution in [-0.2, 0) is 9.84 Å². The predicted molar refractivity (Wildman–Crippen MR) is 65.8 cm³/mol. The summed E-state index contributed by atoms with van der Waals surface area (Å²) in [7, 11) is -2.87. The van der Waals surface area contributed by atoms with Gasteiger partial charge in [-0.3, -0.25) is 0 Å². The van der Waals surface area contributed by atoms with E-state index in [1.54, 1.807) is 0 Å². The van der Waals surface area contributed by atoms with Gasteiger partial charge in [0, 0.05) is 12.3 Å². The van der Waals surface area contributed by atoms with E-state index in [1.165, 1.54) is 12.7 Å². The minimum Gasteiger partial charge on any atom is -0.327 e. The highest BCUT2D eigenvalue weighted by Crippen LogP contribution is 2.44. The molecule has 5 atom stereocenters. The van der Waals surface area contributed by atoms with E-state index in [4.69, 9.17) is 5.73 Å². The highest BCUT2D eigenvalue weighted by molar-refractivity contribution is 7.91. The molecule has 0 aromatic carbocycles. The lowest BCUT2D eigenvalue weighted by molar-refractivity contribution is 0.282. The molecule has 2 rings (SSSR count). The van der Waals surface area contributed by atoms with Crippen LogP contribution in [0.1, 0.15) is 39.0 Å². The Balaban J connectivity index is 1.96. The molecule has 2 aliphatic carbocycles. The fourth-order valence-electron chi connectivity index (χ4n) is 3.16. The SMILES string of the molecule is CC1CC1C(N)C1CCCC(S(C)(=O)=O)C1. The van der Waals surface area contributed by atoms with Crippen molar-refractivity contribution in [3.63, 3.8) is 0 Å². The van der Waals surface area contributed by atoms with Crippen LogP contribution in [0.25, 0.3) is 0 Å². The van der Waals surface area contributed by atoms with Gasteiger partial charge in [0.25, 0.3) is 0 Å². The van der Waals surface area contributed by atoms with Crippen LogP contribution < -0.4 is 5.73 Å². The molecule has 0 aromatic heterocycles. The Morgan fingerprint density at radius 1 is 1.25 bits per heavy atom. The number of nitrogens with two attached hydrogens (primary N) is 1. The van der Waals surface area contributed by atoms with Gasteiger partial charge in [0.05, 0.1) is 5.25 Å². The molecule has 0 radical (unpaired) electrons. The molecule has 0 amide bonds. The van der Waals surface area contributed by atoms with Crippen molar-refractivity contribution in [2.75, 3.05) is 6.26 Å². The van der Waals surface area contributed by atoms with Crippen molar-refractivity contribution in [3.8, 4) is 0 Å². The Labute approximate surface area is 98.7 Å². The fraction of sp³-hybridized carbons (Fsp3) is 1.00. The van der Waals surface area contributed by atoms with Crippen LogP contribution in [0, 0.1) is 17.8 Å². The van der Waals surface area contributed by atoms with Crippen LogP contribution in [0.3, 0.4) is 0 Å². The minimum atomic E-state index is -2.87. The monoisotopic (exact) mass is 245 g/mol. The van der Waals surface area contributed by atoms with Gasteiger partial charge in [0.15, 0.2) is 0 Å². The normalized spacial score (nSPS) is 41.7. The van der Waals surface area contributed by atoms with Crippen molar-refractivity contribution >= 4 is 9.84 Å². The average Bonchev–Trinajstić information content (AvgIpc) is 2.93. The lowest BCUT2D eigenvalue weighted by Gasteiger charge is -2.32. The van der Waals surface area contributed by atoms with Crippen molar-refractivity contribution in [1.29, 1.82) is 0 Å². The molecule has 2 N–H and O–H groups in total. The highest BCUT2D eigenvalue weighted by Gasteiger charge is 2.43. The Bertz CT molecular complexity index is 352. The van der Waals surface area contributed by atoms with E-state index < -0.39 is 9.84 Å². The molecule has 94 valence electrons. The van der Waals surface area contributed by atoms with E-state index in [2.05, 4.69) is 6.92 Å². The first-order chi connectivity index (χ1) is 7.39. The van der Waals surface area contributed by atoms with Crippen molar-refractivity contribution in [2.45, 2.75) is 50.3 Å². The third-order valence-electron chi connectivity index (χ3n) is 4.48. The second kappa shape index (κ2) is 4.30. The summed E-state index contributed by atoms with van der Waals surface area (Å²) in [6.07, 6.45) is 6.38. The van der Waals surface area contributed by atoms with Crippen LogP contribution in [0.2, 0.25) is 0 Å². The quantitative estimate of drug-likeness (QED) is 0.821. The summed E-state index contributed by atoms with van der Waals surface area (Å²) in [5.74, 6) is 1.85. The van der Waals surface area contributed by atoms with E-state index >= 15 is 0 Å². The minimum absolute atomic E-state index is 0.133. The molecule has 0 bridgehead atoms. The third-order valence-corrected chi connectivity index (χ3v) is 6.12. The van der Waals surface area contributed by atoms with Crippen LogP contribution >= 0.6 is 0 Å². The molecule has 0 heterocycles. The smallest absolute Gasteiger partial charge is 0.150 e. The third kappa shape index (κ3) is 2.59. The molecule has 3 nitrogen and oxygen atoms in total. The lowest BCUT2D eigenvalue weighted by Crippen LogP contribution is -2.39. The van der Waals surface area contributed by atoms with Gasteiger partial charge in [-0.15, -0.1) is 0 Å². The molecule has 0 saturated heterocycles. The van der Waals surface area contributed by atoms with Gasteiger partial charge in [-0.05, 0) is 43.4 Å². The maximum absolute atomic E-state index is 11.6. The van der Waals surface area contributed by atoms with Crippen molar-refractivity contribution in [1.82, 2.24) is 0 Å². The maximum atomic E-state index is 11.6. The molecule has 0 spiro atoms. The molecular weight excluding hydrogens is 222 g/mol. The molecule has 2 aliphatic rings. The summed E-state index contributed by atoms with van der Waals surface area (Å²) in [5, 5.41) is -0.133. The van der Waals surface area contributed by atoms with Crippen molar-refractivity contribution in [2.24, 2.45) is 23.5 Å². The summed E-state index contributed by atoms with van der Waals surface area (Å²) < 4.78 is 23.1. The highest BCUT2D eigenvalue weighted by atomic mass is 32.2. The summed E-state index contributed by atoms with van der Waals surface area (Å²) in [4.78, 5) is 0. The standard InChI is InChI=1S/C12H23NO2S/c1-8-6-11(8)12(13)9-4-3-5-10(7-9)16(2,14)15/h8-12H,3-7,13H2,1-2H3. The van der Waals surface area contributed by atoms with E-state index in [9.17, 15) is 8.42 Å². The number of hydrogen-bond donors (Lipinski definition) is 1. The molecule has 2 fully saturated rings. The zero-order valence-electron chi connectivity index (χ0n) is 10.2. The Kier molecular flexibility index (Phi) is 3.32. The first-order valence-electron chi connectivity index (χ1n) is 6.34. The summed E-state index contributed by atoms with van der Waals surface area (Å²) >= 11 is 0. The summed E-state index contributed by atoms with van der Waals surface area (Å²) in [6, 6.07) is 0.236. The Morgan fingerprint density at radius 2 is 1.88 bits per heavy atom.